The summed E-state index contributed by atoms with van der Waals surface area (Å²) >= 11 is 0. The first-order chi connectivity index (χ1) is 22.8. The maximum absolute atomic E-state index is 9.72. The zero-order chi connectivity index (χ0) is 30.9. The fraction of sp³-hybridized carbons (Fsp3) is 0. The molecule has 2 nitrogen and oxygen atoms in total. The molecule has 0 aliphatic rings. The molecule has 0 atom stereocenters. The van der Waals surface area contributed by atoms with Gasteiger partial charge in [0.25, 0.3) is 0 Å². The van der Waals surface area contributed by atoms with Crippen molar-refractivity contribution in [1.82, 2.24) is 4.57 Å². The Morgan fingerprint density at radius 2 is 0.935 bits per heavy atom. The van der Waals surface area contributed by atoms with Crippen LogP contribution in [0.3, 0.4) is 0 Å². The highest BCUT2D eigenvalue weighted by molar-refractivity contribution is 7.20. The van der Waals surface area contributed by atoms with Gasteiger partial charge in [-0.2, -0.15) is 5.26 Å². The topological polar surface area (TPSA) is 28.7 Å². The van der Waals surface area contributed by atoms with E-state index in [1.54, 1.807) is 0 Å². The van der Waals surface area contributed by atoms with E-state index in [0.717, 1.165) is 27.5 Å². The number of rotatable bonds is 6. The minimum atomic E-state index is -2.80. The van der Waals surface area contributed by atoms with Crippen LogP contribution in [0, 0.1) is 11.3 Å². The summed E-state index contributed by atoms with van der Waals surface area (Å²) in [6.07, 6.45) is 0. The minimum Gasteiger partial charge on any atom is -0.309 e. The lowest BCUT2D eigenvalue weighted by Gasteiger charge is -2.36. The summed E-state index contributed by atoms with van der Waals surface area (Å²) in [7, 11) is -2.80. The molecule has 8 rings (SSSR count). The van der Waals surface area contributed by atoms with Gasteiger partial charge in [-0.15, -0.1) is 0 Å². The first-order valence-corrected chi connectivity index (χ1v) is 17.6. The Hall–Kier alpha value is -5.95. The average Bonchev–Trinajstić information content (AvgIpc) is 3.47. The zero-order valence-electron chi connectivity index (χ0n) is 25.2. The largest absolute Gasteiger partial charge is 0.309 e. The molecule has 0 saturated carbocycles. The normalized spacial score (nSPS) is 11.5. The van der Waals surface area contributed by atoms with Crippen molar-refractivity contribution in [3.05, 3.63) is 188 Å². The van der Waals surface area contributed by atoms with Crippen molar-refractivity contribution < 1.29 is 0 Å². The molecular formula is C43H30N2Si. The highest BCUT2D eigenvalue weighted by Gasteiger charge is 2.43. The Kier molecular flexibility index (Phi) is 6.91. The second-order valence-corrected chi connectivity index (χ2v) is 15.4. The van der Waals surface area contributed by atoms with E-state index in [2.05, 4.69) is 180 Å². The summed E-state index contributed by atoms with van der Waals surface area (Å²) in [5, 5.41) is 17.3. The molecule has 0 bridgehead atoms. The predicted octanol–water partition coefficient (Wildman–Crippen LogP) is 7.70. The molecule has 3 heteroatoms. The van der Waals surface area contributed by atoms with Crippen LogP contribution in [0.25, 0.3) is 38.6 Å². The van der Waals surface area contributed by atoms with Gasteiger partial charge in [-0.3, -0.25) is 0 Å². The van der Waals surface area contributed by atoms with E-state index < -0.39 is 8.07 Å². The van der Waals surface area contributed by atoms with Gasteiger partial charge in [-0.25, -0.2) is 0 Å². The van der Waals surface area contributed by atoms with Crippen molar-refractivity contribution in [2.75, 3.05) is 0 Å². The molecule has 0 unspecified atom stereocenters. The quantitative estimate of drug-likeness (QED) is 0.142. The number of nitriles is 1. The Morgan fingerprint density at radius 3 is 1.57 bits per heavy atom. The van der Waals surface area contributed by atoms with Gasteiger partial charge in [-0.05, 0) is 56.6 Å². The monoisotopic (exact) mass is 602 g/mol. The molecule has 0 spiro atoms. The molecule has 0 saturated heterocycles. The Balaban J connectivity index is 1.48. The molecule has 0 radical (unpaired) electrons. The molecule has 0 aliphatic carbocycles. The van der Waals surface area contributed by atoms with Gasteiger partial charge >= 0.3 is 0 Å². The van der Waals surface area contributed by atoms with Gasteiger partial charge in [0, 0.05) is 16.3 Å². The standard InChI is InChI=1S/C43H30N2Si/c44-31-32-28-29-42-39(30-32)37-23-11-14-26-41(37)45(42)40-25-13-10-22-36(40)38-24-12-15-27-43(38)46(33-16-4-1-5-17-33,34-18-6-2-7-19-34)35-20-8-3-9-21-35/h1-30H. The molecule has 1 heterocycles. The molecule has 0 aliphatic heterocycles. The van der Waals surface area contributed by atoms with Gasteiger partial charge < -0.3 is 4.57 Å². The number of nitrogens with zero attached hydrogens (tertiary/aromatic N) is 2. The van der Waals surface area contributed by atoms with Crippen LogP contribution in [0.5, 0.6) is 0 Å². The minimum absolute atomic E-state index is 0.665. The summed E-state index contributed by atoms with van der Waals surface area (Å²) in [6.45, 7) is 0. The SMILES string of the molecule is N#Cc1ccc2c(c1)c1ccccc1n2-c1ccccc1-c1ccccc1[Si](c1ccccc1)(c1ccccc1)c1ccccc1. The smallest absolute Gasteiger partial charge is 0.180 e. The number of hydrogen-bond acceptors (Lipinski definition) is 1. The van der Waals surface area contributed by atoms with Crippen LogP contribution in [-0.4, -0.2) is 12.6 Å². The van der Waals surface area contributed by atoms with E-state index in [9.17, 15) is 5.26 Å². The molecule has 8 aromatic rings. The van der Waals surface area contributed by atoms with Gasteiger partial charge in [-0.1, -0.05) is 152 Å². The van der Waals surface area contributed by atoms with Crippen LogP contribution in [0.2, 0.25) is 0 Å². The molecule has 7 aromatic carbocycles. The lowest BCUT2D eigenvalue weighted by atomic mass is 10.0. The van der Waals surface area contributed by atoms with Gasteiger partial charge in [0.05, 0.1) is 28.4 Å². The fourth-order valence-corrected chi connectivity index (χ4v) is 12.3. The van der Waals surface area contributed by atoms with E-state index in [4.69, 9.17) is 0 Å². The first-order valence-electron chi connectivity index (χ1n) is 15.6. The van der Waals surface area contributed by atoms with Crippen LogP contribution in [0.1, 0.15) is 5.56 Å². The Bertz CT molecular complexity index is 2270. The van der Waals surface area contributed by atoms with Crippen LogP contribution in [0.4, 0.5) is 0 Å². The number of para-hydroxylation sites is 2. The van der Waals surface area contributed by atoms with Crippen molar-refractivity contribution in [2.45, 2.75) is 0 Å². The summed E-state index contributed by atoms with van der Waals surface area (Å²) in [4.78, 5) is 0. The summed E-state index contributed by atoms with van der Waals surface area (Å²) in [5.41, 5.74) is 6.38. The molecule has 46 heavy (non-hydrogen) atoms. The lowest BCUT2D eigenvalue weighted by Crippen LogP contribution is -2.75. The molecule has 0 amide bonds. The lowest BCUT2D eigenvalue weighted by molar-refractivity contribution is 1.18. The summed E-state index contributed by atoms with van der Waals surface area (Å²) in [6, 6.07) is 67.9. The number of benzene rings is 7. The molecule has 216 valence electrons. The maximum atomic E-state index is 9.72. The second kappa shape index (κ2) is 11.5. The molecular weight excluding hydrogens is 573 g/mol. The van der Waals surface area contributed by atoms with Crippen LogP contribution in [-0.2, 0) is 0 Å². The zero-order valence-corrected chi connectivity index (χ0v) is 26.2. The van der Waals surface area contributed by atoms with E-state index in [1.165, 1.54) is 31.9 Å². The first kappa shape index (κ1) is 27.6. The van der Waals surface area contributed by atoms with Crippen molar-refractivity contribution in [3.8, 4) is 22.9 Å². The molecule has 1 aromatic heterocycles. The van der Waals surface area contributed by atoms with Crippen molar-refractivity contribution in [2.24, 2.45) is 0 Å². The number of fused-ring (bicyclic) bond motifs is 3. The van der Waals surface area contributed by atoms with Crippen molar-refractivity contribution in [3.63, 3.8) is 0 Å². The summed E-state index contributed by atoms with van der Waals surface area (Å²) in [5.74, 6) is 0. The fourth-order valence-electron chi connectivity index (χ4n) is 7.27. The van der Waals surface area contributed by atoms with Gasteiger partial charge in [0.15, 0.2) is 8.07 Å². The van der Waals surface area contributed by atoms with E-state index in [0.29, 0.717) is 5.56 Å². The third-order valence-corrected chi connectivity index (χ3v) is 14.0. The maximum Gasteiger partial charge on any atom is 0.180 e. The average molecular weight is 603 g/mol. The molecule has 0 fully saturated rings. The van der Waals surface area contributed by atoms with E-state index in [-0.39, 0.29) is 0 Å². The Morgan fingerprint density at radius 1 is 0.435 bits per heavy atom. The van der Waals surface area contributed by atoms with Gasteiger partial charge in [0.1, 0.15) is 0 Å². The van der Waals surface area contributed by atoms with Crippen LogP contribution >= 0.6 is 0 Å². The van der Waals surface area contributed by atoms with Crippen molar-refractivity contribution in [1.29, 1.82) is 5.26 Å². The number of aromatic nitrogens is 1. The highest BCUT2D eigenvalue weighted by atomic mass is 28.3. The number of hydrogen-bond donors (Lipinski definition) is 0. The Labute approximate surface area is 270 Å². The summed E-state index contributed by atoms with van der Waals surface area (Å²) < 4.78 is 2.37. The van der Waals surface area contributed by atoms with Crippen LogP contribution in [0.15, 0.2) is 182 Å². The predicted molar refractivity (Wildman–Crippen MR) is 195 cm³/mol. The van der Waals surface area contributed by atoms with Crippen LogP contribution < -0.4 is 20.7 Å². The second-order valence-electron chi connectivity index (χ2n) is 11.6. The van der Waals surface area contributed by atoms with E-state index in [1.807, 2.05) is 12.1 Å². The third kappa shape index (κ3) is 4.31. The van der Waals surface area contributed by atoms with Gasteiger partial charge in [0.2, 0.25) is 0 Å². The van der Waals surface area contributed by atoms with E-state index >= 15 is 0 Å². The third-order valence-electron chi connectivity index (χ3n) is 9.19. The van der Waals surface area contributed by atoms with Crippen molar-refractivity contribution >= 4 is 50.6 Å². The highest BCUT2D eigenvalue weighted by Crippen LogP contribution is 2.36. The molecule has 0 N–H and O–H groups in total.